The molecule has 42 heavy (non-hydrogen) atoms. The molecule has 0 aromatic heterocycles. The Morgan fingerprint density at radius 1 is 0.976 bits per heavy atom. The van der Waals surface area contributed by atoms with E-state index in [4.69, 9.17) is 23.7 Å². The number of amides is 1. The second-order valence-corrected chi connectivity index (χ2v) is 11.8. The quantitative estimate of drug-likeness (QED) is 0.343. The van der Waals surface area contributed by atoms with Crippen LogP contribution in [-0.2, 0) is 32.1 Å². The molecule has 1 unspecified atom stereocenters. The first-order valence-electron chi connectivity index (χ1n) is 14.8. The van der Waals surface area contributed by atoms with E-state index < -0.39 is 30.4 Å². The summed E-state index contributed by atoms with van der Waals surface area (Å²) in [5, 5.41) is 0. The van der Waals surface area contributed by atoms with Gasteiger partial charge in [0.1, 0.15) is 24.1 Å². The minimum Gasteiger partial charge on any atom is -0.497 e. The molecule has 3 saturated heterocycles. The van der Waals surface area contributed by atoms with Gasteiger partial charge >= 0.3 is 0 Å². The van der Waals surface area contributed by atoms with E-state index in [1.165, 1.54) is 5.56 Å². The summed E-state index contributed by atoms with van der Waals surface area (Å²) in [7, 11) is 1.65. The highest BCUT2D eigenvalue weighted by Gasteiger charge is 2.56. The Morgan fingerprint density at radius 3 is 2.48 bits per heavy atom. The van der Waals surface area contributed by atoms with Crippen LogP contribution in [0, 0.1) is 0 Å². The second-order valence-electron chi connectivity index (χ2n) is 11.8. The van der Waals surface area contributed by atoms with Gasteiger partial charge in [-0.25, -0.2) is 0 Å². The van der Waals surface area contributed by atoms with E-state index in [0.717, 1.165) is 37.4 Å². The van der Waals surface area contributed by atoms with Crippen LogP contribution in [0.25, 0.3) is 0 Å². The fraction of sp³-hybridized carbons (Fsp3) is 0.441. The van der Waals surface area contributed by atoms with Crippen LogP contribution in [-0.4, -0.2) is 78.9 Å². The van der Waals surface area contributed by atoms with Gasteiger partial charge in [-0.05, 0) is 55.7 Å². The zero-order valence-corrected chi connectivity index (χ0v) is 24.6. The highest BCUT2D eigenvalue weighted by molar-refractivity contribution is 5.94. The molecule has 0 bridgehead atoms. The third-order valence-corrected chi connectivity index (χ3v) is 8.26. The Labute approximate surface area is 248 Å². The maximum absolute atomic E-state index is 14.0. The molecule has 3 aromatic carbocycles. The van der Waals surface area contributed by atoms with Crippen LogP contribution >= 0.6 is 0 Å². The van der Waals surface area contributed by atoms with E-state index in [-0.39, 0.29) is 11.9 Å². The number of fused-ring (bicyclic) bond motifs is 1. The Balaban J connectivity index is 1.22. The number of likely N-dealkylation sites (tertiary alicyclic amines) is 1. The lowest BCUT2D eigenvalue weighted by Gasteiger charge is -2.34. The highest BCUT2D eigenvalue weighted by Crippen LogP contribution is 2.40. The van der Waals surface area contributed by atoms with Crippen molar-refractivity contribution in [2.45, 2.75) is 69.9 Å². The number of carbonyl (C=O) groups excluding carboxylic acids is 1. The van der Waals surface area contributed by atoms with E-state index in [9.17, 15) is 4.79 Å². The lowest BCUT2D eigenvalue weighted by Crippen LogP contribution is -2.49. The molecule has 0 radical (unpaired) electrons. The Hall–Kier alpha value is -3.27. The fourth-order valence-electron chi connectivity index (χ4n) is 6.24. The zero-order chi connectivity index (χ0) is 29.1. The van der Waals surface area contributed by atoms with Gasteiger partial charge in [-0.3, -0.25) is 9.69 Å². The average molecular weight is 573 g/mol. The third-order valence-electron chi connectivity index (χ3n) is 8.26. The summed E-state index contributed by atoms with van der Waals surface area (Å²) < 4.78 is 30.8. The normalized spacial score (nSPS) is 26.7. The maximum Gasteiger partial charge on any atom is 0.254 e. The summed E-state index contributed by atoms with van der Waals surface area (Å²) in [6, 6.07) is 27.8. The van der Waals surface area contributed by atoms with Crippen molar-refractivity contribution >= 4 is 5.91 Å². The first-order valence-corrected chi connectivity index (χ1v) is 14.8. The number of benzene rings is 3. The predicted molar refractivity (Wildman–Crippen MR) is 158 cm³/mol. The van der Waals surface area contributed by atoms with Crippen molar-refractivity contribution in [1.29, 1.82) is 0 Å². The topological polar surface area (TPSA) is 69.7 Å². The van der Waals surface area contributed by atoms with Crippen molar-refractivity contribution in [3.8, 4) is 5.75 Å². The van der Waals surface area contributed by atoms with Crippen molar-refractivity contribution in [2.75, 3.05) is 26.7 Å². The molecule has 222 valence electrons. The Kier molecular flexibility index (Phi) is 8.60. The zero-order valence-electron chi connectivity index (χ0n) is 24.6. The van der Waals surface area contributed by atoms with Gasteiger partial charge in [-0.15, -0.1) is 0 Å². The molecule has 3 aliphatic rings. The Morgan fingerprint density at radius 2 is 1.71 bits per heavy atom. The fourth-order valence-corrected chi connectivity index (χ4v) is 6.24. The van der Waals surface area contributed by atoms with Gasteiger partial charge in [0.25, 0.3) is 5.91 Å². The van der Waals surface area contributed by atoms with Gasteiger partial charge in [0, 0.05) is 31.2 Å². The number of hydrogen-bond donors (Lipinski definition) is 0. The summed E-state index contributed by atoms with van der Waals surface area (Å²) in [5.41, 5.74) is 2.92. The number of ether oxygens (including phenoxy) is 5. The maximum atomic E-state index is 14.0. The van der Waals surface area contributed by atoms with Crippen molar-refractivity contribution in [3.63, 3.8) is 0 Å². The Bertz CT molecular complexity index is 1340. The summed E-state index contributed by atoms with van der Waals surface area (Å²) in [6.07, 6.45) is -0.914. The van der Waals surface area contributed by atoms with Crippen LogP contribution in [0.15, 0.2) is 84.9 Å². The molecule has 0 saturated carbocycles. The van der Waals surface area contributed by atoms with Crippen LogP contribution in [0.4, 0.5) is 0 Å². The minimum absolute atomic E-state index is 0.00321. The SMILES string of the molecule is COc1cccc(CO[C@@H]2[C@H]3OC(C)(C)O[C@H]3O[C@@H]2CN(C(=O)c2ccccc2)C2CCN(Cc3ccccc3)C2)c1. The third kappa shape index (κ3) is 6.53. The van der Waals surface area contributed by atoms with Gasteiger partial charge in [0.05, 0.1) is 20.3 Å². The van der Waals surface area contributed by atoms with Crippen molar-refractivity contribution in [2.24, 2.45) is 0 Å². The molecule has 8 nitrogen and oxygen atoms in total. The lowest BCUT2D eigenvalue weighted by molar-refractivity contribution is -0.220. The van der Waals surface area contributed by atoms with Gasteiger partial charge < -0.3 is 28.6 Å². The molecule has 3 fully saturated rings. The van der Waals surface area contributed by atoms with E-state index in [1.54, 1.807) is 7.11 Å². The lowest BCUT2D eigenvalue weighted by atomic mass is 10.1. The molecule has 3 aliphatic heterocycles. The van der Waals surface area contributed by atoms with Crippen molar-refractivity contribution < 1.29 is 28.5 Å². The minimum atomic E-state index is -0.777. The van der Waals surface area contributed by atoms with Crippen LogP contribution in [0.5, 0.6) is 5.75 Å². The largest absolute Gasteiger partial charge is 0.497 e. The number of hydrogen-bond acceptors (Lipinski definition) is 7. The van der Waals surface area contributed by atoms with Gasteiger partial charge in [-0.1, -0.05) is 60.7 Å². The molecule has 0 spiro atoms. The van der Waals surface area contributed by atoms with Crippen LogP contribution in [0.3, 0.4) is 0 Å². The van der Waals surface area contributed by atoms with E-state index in [0.29, 0.717) is 18.7 Å². The molecular formula is C34H40N2O6. The van der Waals surface area contributed by atoms with E-state index in [2.05, 4.69) is 29.2 Å². The smallest absolute Gasteiger partial charge is 0.254 e. The number of nitrogens with zero attached hydrogens (tertiary/aromatic N) is 2. The number of rotatable bonds is 10. The van der Waals surface area contributed by atoms with Crippen LogP contribution in [0.2, 0.25) is 0 Å². The van der Waals surface area contributed by atoms with E-state index in [1.807, 2.05) is 79.4 Å². The molecular weight excluding hydrogens is 532 g/mol. The average Bonchev–Trinajstić information content (AvgIpc) is 3.67. The van der Waals surface area contributed by atoms with Crippen molar-refractivity contribution in [3.05, 3.63) is 102 Å². The standard InChI is InChI=1S/C34H40N2O6/c1-34(2)41-31-30(39-23-25-13-10-16-28(19-25)38-3)29(40-33(31)42-34)22-36(32(37)26-14-8-5-9-15-26)27-17-18-35(21-27)20-24-11-6-4-7-12-24/h4-16,19,27,29-31,33H,17-18,20-23H2,1-3H3/t27?,29-,30+,31-,33-/m1/s1. The first-order chi connectivity index (χ1) is 20.4. The summed E-state index contributed by atoms with van der Waals surface area (Å²) in [4.78, 5) is 18.4. The molecule has 3 heterocycles. The summed E-state index contributed by atoms with van der Waals surface area (Å²) in [6.45, 7) is 7.07. The highest BCUT2D eigenvalue weighted by atomic mass is 16.8. The molecule has 0 aliphatic carbocycles. The number of methoxy groups -OCH3 is 1. The van der Waals surface area contributed by atoms with Crippen LogP contribution in [0.1, 0.15) is 41.8 Å². The monoisotopic (exact) mass is 572 g/mol. The van der Waals surface area contributed by atoms with Gasteiger partial charge in [-0.2, -0.15) is 0 Å². The molecule has 0 N–H and O–H groups in total. The molecule has 1 amide bonds. The number of carbonyl (C=O) groups is 1. The predicted octanol–water partition coefficient (Wildman–Crippen LogP) is 4.87. The molecule has 5 atom stereocenters. The first kappa shape index (κ1) is 28.8. The van der Waals surface area contributed by atoms with Gasteiger partial charge in [0.2, 0.25) is 0 Å². The van der Waals surface area contributed by atoms with Gasteiger partial charge in [0.15, 0.2) is 12.1 Å². The molecule has 3 aromatic rings. The molecule has 8 heteroatoms. The van der Waals surface area contributed by atoms with E-state index >= 15 is 0 Å². The molecule has 6 rings (SSSR count). The second kappa shape index (κ2) is 12.5. The van der Waals surface area contributed by atoms with Crippen molar-refractivity contribution in [1.82, 2.24) is 9.80 Å². The summed E-state index contributed by atoms with van der Waals surface area (Å²) in [5.74, 6) is -0.00638. The summed E-state index contributed by atoms with van der Waals surface area (Å²) >= 11 is 0. The van der Waals surface area contributed by atoms with Crippen LogP contribution < -0.4 is 4.74 Å².